The Hall–Kier alpha value is -4.63. The van der Waals surface area contributed by atoms with Crippen LogP contribution in [0, 0.1) is 11.3 Å². The van der Waals surface area contributed by atoms with Crippen molar-refractivity contribution in [3.63, 3.8) is 0 Å². The number of nitrogens with one attached hydrogen (secondary N) is 2. The van der Waals surface area contributed by atoms with Crippen molar-refractivity contribution in [3.05, 3.63) is 54.1 Å². The molecule has 0 bridgehead atoms. The number of halogens is 1. The standard InChI is InChI=1S/C28H31ClN4O8/c1-17(34)39-23(25(36)31-20-8-6-19(16-30)7-9-20)24(40-18(2)35)26(37)33(15-14-29)22-12-10-21(11-13-22)32-27(38)41-28(3,4)5/h6-13,23-24H,14-15H2,1-5H3,(H,31,36)(H,32,38)/t23-,24-/m1/s1. The second-order valence-corrected chi connectivity index (χ2v) is 9.97. The lowest BCUT2D eigenvalue weighted by Crippen LogP contribution is -2.53. The largest absolute Gasteiger partial charge is 0.448 e. The SMILES string of the molecule is CC(=O)O[C@@H](C(=O)Nc1ccc(C#N)cc1)[C@@H](OC(C)=O)C(=O)N(CCCl)c1ccc(NC(=O)OC(C)(C)C)cc1. The minimum absolute atomic E-state index is 0.0356. The summed E-state index contributed by atoms with van der Waals surface area (Å²) in [5.41, 5.74) is 0.542. The van der Waals surface area contributed by atoms with Crippen molar-refractivity contribution in [2.45, 2.75) is 52.4 Å². The minimum Gasteiger partial charge on any atom is -0.448 e. The molecule has 2 aromatic carbocycles. The number of nitrogens with zero attached hydrogens (tertiary/aromatic N) is 2. The third-order valence-electron chi connectivity index (χ3n) is 5.04. The molecular weight excluding hydrogens is 556 g/mol. The lowest BCUT2D eigenvalue weighted by Gasteiger charge is -2.30. The molecule has 12 nitrogen and oxygen atoms in total. The molecule has 0 spiro atoms. The maximum atomic E-state index is 13.7. The third-order valence-corrected chi connectivity index (χ3v) is 5.21. The van der Waals surface area contributed by atoms with Gasteiger partial charge in [0.25, 0.3) is 11.8 Å². The Balaban J connectivity index is 2.38. The van der Waals surface area contributed by atoms with Crippen molar-refractivity contribution < 1.29 is 38.2 Å². The highest BCUT2D eigenvalue weighted by molar-refractivity contribution is 6.18. The summed E-state index contributed by atoms with van der Waals surface area (Å²) in [7, 11) is 0. The number of carbonyl (C=O) groups excluding carboxylic acids is 5. The fourth-order valence-electron chi connectivity index (χ4n) is 3.44. The highest BCUT2D eigenvalue weighted by Crippen LogP contribution is 2.23. The summed E-state index contributed by atoms with van der Waals surface area (Å²) in [6.45, 7) is 7.16. The van der Waals surface area contributed by atoms with Crippen LogP contribution >= 0.6 is 11.6 Å². The van der Waals surface area contributed by atoms with Crippen LogP contribution in [0.25, 0.3) is 0 Å². The van der Waals surface area contributed by atoms with Gasteiger partial charge in [0.2, 0.25) is 12.2 Å². The zero-order chi connectivity index (χ0) is 30.7. The van der Waals surface area contributed by atoms with E-state index < -0.39 is 47.7 Å². The van der Waals surface area contributed by atoms with Crippen molar-refractivity contribution in [3.8, 4) is 6.07 Å². The summed E-state index contributed by atoms with van der Waals surface area (Å²) in [6.07, 6.45) is -4.42. The summed E-state index contributed by atoms with van der Waals surface area (Å²) < 4.78 is 15.6. The van der Waals surface area contributed by atoms with Crippen molar-refractivity contribution in [1.82, 2.24) is 0 Å². The van der Waals surface area contributed by atoms with Crippen LogP contribution in [0.5, 0.6) is 0 Å². The van der Waals surface area contributed by atoms with Crippen molar-refractivity contribution in [2.24, 2.45) is 0 Å². The molecule has 0 aliphatic carbocycles. The fraction of sp³-hybridized carbons (Fsp3) is 0.357. The maximum absolute atomic E-state index is 13.7. The molecule has 0 aromatic heterocycles. The van der Waals surface area contributed by atoms with Crippen LogP contribution in [0.3, 0.4) is 0 Å². The molecule has 218 valence electrons. The second kappa shape index (κ2) is 14.7. The lowest BCUT2D eigenvalue weighted by molar-refractivity contribution is -0.172. The molecule has 0 saturated carbocycles. The molecule has 2 rings (SSSR count). The van der Waals surface area contributed by atoms with Gasteiger partial charge in [-0.15, -0.1) is 11.6 Å². The van der Waals surface area contributed by atoms with Gasteiger partial charge in [0.05, 0.1) is 11.6 Å². The Morgan fingerprint density at radius 3 is 1.88 bits per heavy atom. The van der Waals surface area contributed by atoms with Crippen molar-refractivity contribution in [2.75, 3.05) is 28.0 Å². The minimum atomic E-state index is -1.88. The molecule has 0 unspecified atom stereocenters. The first-order valence-corrected chi connectivity index (χ1v) is 12.9. The zero-order valence-corrected chi connectivity index (χ0v) is 24.0. The van der Waals surface area contributed by atoms with E-state index in [-0.39, 0.29) is 23.8 Å². The average Bonchev–Trinajstić information content (AvgIpc) is 2.88. The van der Waals surface area contributed by atoms with Crippen LogP contribution < -0.4 is 15.5 Å². The van der Waals surface area contributed by atoms with E-state index in [1.807, 2.05) is 6.07 Å². The van der Waals surface area contributed by atoms with Crippen LogP contribution in [-0.2, 0) is 33.4 Å². The fourth-order valence-corrected chi connectivity index (χ4v) is 3.61. The summed E-state index contributed by atoms with van der Waals surface area (Å²) in [5.74, 6) is -3.69. The van der Waals surface area contributed by atoms with Gasteiger partial charge >= 0.3 is 18.0 Å². The normalized spacial score (nSPS) is 12.1. The zero-order valence-electron chi connectivity index (χ0n) is 23.2. The molecular formula is C28H31ClN4O8. The number of amides is 3. The van der Waals surface area contributed by atoms with Gasteiger partial charge < -0.3 is 24.4 Å². The number of anilines is 3. The van der Waals surface area contributed by atoms with Crippen molar-refractivity contribution in [1.29, 1.82) is 5.26 Å². The van der Waals surface area contributed by atoms with Gasteiger partial charge in [-0.2, -0.15) is 5.26 Å². The summed E-state index contributed by atoms with van der Waals surface area (Å²) in [4.78, 5) is 64.1. The van der Waals surface area contributed by atoms with Crippen LogP contribution in [0.1, 0.15) is 40.2 Å². The Bertz CT molecular complexity index is 1300. The highest BCUT2D eigenvalue weighted by Gasteiger charge is 2.42. The number of alkyl halides is 1. The van der Waals surface area contributed by atoms with Gasteiger partial charge in [0, 0.05) is 43.3 Å². The topological polar surface area (TPSA) is 164 Å². The average molecular weight is 587 g/mol. The van der Waals surface area contributed by atoms with E-state index in [9.17, 15) is 24.0 Å². The van der Waals surface area contributed by atoms with Crippen molar-refractivity contribution >= 4 is 58.5 Å². The van der Waals surface area contributed by atoms with E-state index in [2.05, 4.69) is 10.6 Å². The van der Waals surface area contributed by atoms with Crippen LogP contribution in [0.2, 0.25) is 0 Å². The first-order valence-electron chi connectivity index (χ1n) is 12.4. The van der Waals surface area contributed by atoms with E-state index in [4.69, 9.17) is 31.1 Å². The first-order chi connectivity index (χ1) is 19.2. The van der Waals surface area contributed by atoms with E-state index in [1.165, 1.54) is 48.5 Å². The Morgan fingerprint density at radius 1 is 0.878 bits per heavy atom. The van der Waals surface area contributed by atoms with Gasteiger partial charge in [-0.25, -0.2) is 4.79 Å². The smallest absolute Gasteiger partial charge is 0.412 e. The quantitative estimate of drug-likeness (QED) is 0.238. The monoisotopic (exact) mass is 586 g/mol. The molecule has 0 aliphatic rings. The number of nitriles is 1. The number of ether oxygens (including phenoxy) is 3. The molecule has 0 aliphatic heterocycles. The lowest BCUT2D eigenvalue weighted by atomic mass is 10.1. The van der Waals surface area contributed by atoms with E-state index in [0.717, 1.165) is 18.7 Å². The summed E-state index contributed by atoms with van der Waals surface area (Å²) in [6, 6.07) is 13.8. The Morgan fingerprint density at radius 2 is 1.39 bits per heavy atom. The molecule has 2 atom stereocenters. The maximum Gasteiger partial charge on any atom is 0.412 e. The van der Waals surface area contributed by atoms with E-state index in [0.29, 0.717) is 11.3 Å². The molecule has 41 heavy (non-hydrogen) atoms. The molecule has 13 heteroatoms. The molecule has 3 amide bonds. The Labute approximate surface area is 242 Å². The van der Waals surface area contributed by atoms with Gasteiger partial charge in [-0.05, 0) is 69.3 Å². The van der Waals surface area contributed by atoms with E-state index in [1.54, 1.807) is 20.8 Å². The first kappa shape index (κ1) is 32.6. The molecule has 0 fully saturated rings. The number of rotatable bonds is 10. The van der Waals surface area contributed by atoms with Gasteiger partial charge in [0.15, 0.2) is 0 Å². The molecule has 0 heterocycles. The molecule has 0 saturated heterocycles. The van der Waals surface area contributed by atoms with Gasteiger partial charge in [-0.3, -0.25) is 24.5 Å². The molecule has 0 radical (unpaired) electrons. The van der Waals surface area contributed by atoms with Crippen LogP contribution in [0.4, 0.5) is 21.9 Å². The van der Waals surface area contributed by atoms with Crippen LogP contribution in [-0.4, -0.2) is 60.1 Å². The molecule has 2 aromatic rings. The second-order valence-electron chi connectivity index (χ2n) is 9.59. The molecule has 2 N–H and O–H groups in total. The van der Waals surface area contributed by atoms with E-state index >= 15 is 0 Å². The number of esters is 2. The summed E-state index contributed by atoms with van der Waals surface area (Å²) >= 11 is 5.96. The summed E-state index contributed by atoms with van der Waals surface area (Å²) in [5, 5.41) is 14.0. The number of hydrogen-bond acceptors (Lipinski definition) is 9. The predicted molar refractivity (Wildman–Crippen MR) is 150 cm³/mol. The Kier molecular flexibility index (Phi) is 11.7. The van der Waals surface area contributed by atoms with Crippen LogP contribution in [0.15, 0.2) is 48.5 Å². The number of benzene rings is 2. The van der Waals surface area contributed by atoms with Gasteiger partial charge in [-0.1, -0.05) is 0 Å². The highest BCUT2D eigenvalue weighted by atomic mass is 35.5. The third kappa shape index (κ3) is 10.5. The number of hydrogen-bond donors (Lipinski definition) is 2. The number of carbonyl (C=O) groups is 5. The predicted octanol–water partition coefficient (Wildman–Crippen LogP) is 3.98. The van der Waals surface area contributed by atoms with Gasteiger partial charge in [0.1, 0.15) is 5.60 Å².